The number of nitro benzene ring substituents is 1. The van der Waals surface area contributed by atoms with Crippen molar-refractivity contribution in [1.82, 2.24) is 4.90 Å². The third kappa shape index (κ3) is 4.36. The maximum atomic E-state index is 12.7. The van der Waals surface area contributed by atoms with Gasteiger partial charge in [0.05, 0.1) is 9.97 Å². The Balaban J connectivity index is 1.38. The van der Waals surface area contributed by atoms with Gasteiger partial charge in [-0.25, -0.2) is 4.79 Å². The number of likely N-dealkylation sites (tertiary alicyclic amines) is 1. The molecule has 0 aromatic heterocycles. The van der Waals surface area contributed by atoms with Gasteiger partial charge >= 0.3 is 5.97 Å². The topological polar surface area (TPSA) is 119 Å². The number of β-lactam (4-membered cyclic amide) rings is 1. The highest BCUT2D eigenvalue weighted by molar-refractivity contribution is 8.14. The number of hydrogen-bond donors (Lipinski definition) is 0. The average Bonchev–Trinajstić information content (AvgIpc) is 3.15. The number of fused-ring (bicyclic) bond motifs is 1. The van der Waals surface area contributed by atoms with Gasteiger partial charge in [0.1, 0.15) is 12.0 Å². The Bertz CT molecular complexity index is 1060. The number of amides is 1. The predicted octanol–water partition coefficient (Wildman–Crippen LogP) is 2.94. The van der Waals surface area contributed by atoms with E-state index in [-0.39, 0.29) is 18.2 Å². The van der Waals surface area contributed by atoms with Crippen molar-refractivity contribution in [3.05, 3.63) is 63.7 Å². The molecule has 0 saturated carbocycles. The number of ether oxygens (including phenoxy) is 1. The maximum Gasteiger partial charge on any atom is 0.337 e. The molecule has 1 aliphatic carbocycles. The van der Waals surface area contributed by atoms with E-state index in [1.165, 1.54) is 53.4 Å². The molecule has 4 rings (SSSR count). The second kappa shape index (κ2) is 9.07. The van der Waals surface area contributed by atoms with Gasteiger partial charge in [0, 0.05) is 18.6 Å². The first-order valence-electron chi connectivity index (χ1n) is 10.2. The highest BCUT2D eigenvalue weighted by Crippen LogP contribution is 2.42. The molecule has 0 spiro atoms. The molecular formula is C22H21N3O6S. The van der Waals surface area contributed by atoms with E-state index in [1.54, 1.807) is 0 Å². The minimum Gasteiger partial charge on any atom is -0.459 e. The van der Waals surface area contributed by atoms with Crippen LogP contribution in [0, 0.1) is 10.1 Å². The quantitative estimate of drug-likeness (QED) is 0.194. The van der Waals surface area contributed by atoms with Crippen molar-refractivity contribution in [2.45, 2.75) is 50.3 Å². The van der Waals surface area contributed by atoms with Gasteiger partial charge in [-0.3, -0.25) is 24.7 Å². The number of thioether (sulfide) groups is 1. The second-order valence-electron chi connectivity index (χ2n) is 7.73. The summed E-state index contributed by atoms with van der Waals surface area (Å²) >= 11 is 1.41. The maximum absolute atomic E-state index is 12.7. The molecule has 166 valence electrons. The Morgan fingerprint density at radius 1 is 1.34 bits per heavy atom. The van der Waals surface area contributed by atoms with Gasteiger partial charge in [0.25, 0.3) is 11.6 Å². The van der Waals surface area contributed by atoms with E-state index in [2.05, 4.69) is 17.1 Å². The number of rotatable bonds is 8. The molecule has 3 atom stereocenters. The lowest BCUT2D eigenvalue weighted by molar-refractivity contribution is -0.384. The number of nitro groups is 1. The van der Waals surface area contributed by atoms with Crippen LogP contribution in [0.4, 0.5) is 5.69 Å². The van der Waals surface area contributed by atoms with Crippen molar-refractivity contribution in [2.75, 3.05) is 0 Å². The zero-order valence-electron chi connectivity index (χ0n) is 17.3. The number of aliphatic imine (C=N–C) groups is 1. The van der Waals surface area contributed by atoms with Gasteiger partial charge in [-0.15, -0.1) is 0 Å². The first-order valence-corrected chi connectivity index (χ1v) is 11.0. The van der Waals surface area contributed by atoms with Crippen LogP contribution in [0.15, 0.2) is 53.1 Å². The summed E-state index contributed by atoms with van der Waals surface area (Å²) in [4.78, 5) is 53.6. The summed E-state index contributed by atoms with van der Waals surface area (Å²) in [6.07, 6.45) is 8.77. The second-order valence-corrected chi connectivity index (χ2v) is 8.92. The normalized spacial score (nSPS) is 22.4. The van der Waals surface area contributed by atoms with Gasteiger partial charge in [0.15, 0.2) is 17.9 Å². The van der Waals surface area contributed by atoms with E-state index in [1.807, 2.05) is 6.08 Å². The van der Waals surface area contributed by atoms with Gasteiger partial charge in [0.2, 0.25) is 0 Å². The molecule has 0 N–H and O–H groups in total. The highest BCUT2D eigenvalue weighted by Gasteiger charge is 2.57. The molecule has 1 aromatic carbocycles. The van der Waals surface area contributed by atoms with Crippen LogP contribution in [0.2, 0.25) is 0 Å². The Labute approximate surface area is 188 Å². The van der Waals surface area contributed by atoms with Crippen LogP contribution in [0.1, 0.15) is 31.7 Å². The summed E-state index contributed by atoms with van der Waals surface area (Å²) in [7, 11) is 0. The van der Waals surface area contributed by atoms with Gasteiger partial charge < -0.3 is 9.64 Å². The van der Waals surface area contributed by atoms with Crippen molar-refractivity contribution in [1.29, 1.82) is 0 Å². The van der Waals surface area contributed by atoms with Gasteiger partial charge in [-0.2, -0.15) is 0 Å². The first kappa shape index (κ1) is 21.9. The predicted molar refractivity (Wildman–Crippen MR) is 118 cm³/mol. The summed E-state index contributed by atoms with van der Waals surface area (Å²) in [5.74, 6) is -1.67. The molecule has 1 saturated heterocycles. The minimum atomic E-state index is -1.33. The molecule has 3 unspecified atom stereocenters. The van der Waals surface area contributed by atoms with Crippen molar-refractivity contribution in [3.63, 3.8) is 0 Å². The summed E-state index contributed by atoms with van der Waals surface area (Å²) < 4.78 is 5.27. The van der Waals surface area contributed by atoms with Crippen LogP contribution in [0.3, 0.4) is 0 Å². The third-order valence-electron chi connectivity index (χ3n) is 5.48. The molecule has 32 heavy (non-hydrogen) atoms. The first-order chi connectivity index (χ1) is 15.3. The number of allylic oxidation sites excluding steroid dienone is 4. The summed E-state index contributed by atoms with van der Waals surface area (Å²) in [6, 6.07) is 3.66. The Morgan fingerprint density at radius 3 is 2.72 bits per heavy atom. The molecule has 0 radical (unpaired) electrons. The molecule has 1 aromatic rings. The number of carbonyl (C=O) groups excluding carboxylic acids is 3. The number of ketones is 1. The monoisotopic (exact) mass is 455 g/mol. The summed E-state index contributed by atoms with van der Waals surface area (Å²) in [6.45, 7) is 1.09. The number of Topliss-reactive ketones (excluding diaryl/α,β-unsaturated/α-hetero) is 1. The average molecular weight is 455 g/mol. The molecule has 10 heteroatoms. The fourth-order valence-corrected chi connectivity index (χ4v) is 5.18. The van der Waals surface area contributed by atoms with Crippen LogP contribution in [0.5, 0.6) is 0 Å². The Morgan fingerprint density at radius 2 is 2.09 bits per heavy atom. The Kier molecular flexibility index (Phi) is 6.22. The van der Waals surface area contributed by atoms with E-state index in [0.717, 1.165) is 17.9 Å². The van der Waals surface area contributed by atoms with E-state index in [9.17, 15) is 24.5 Å². The van der Waals surface area contributed by atoms with Crippen molar-refractivity contribution >= 4 is 40.2 Å². The standard InChI is InChI=1S/C22H21N3O6S/c1-13(26)19(22(28)31-12-15-7-9-16(10-8-15)25(29)30)24-20(27)18-21(24)32-17(23-18)11-14-5-3-2-4-6-14/h2-3,5,7-10,18-19,21H,4,6,11-12H2,1H3. The highest BCUT2D eigenvalue weighted by atomic mass is 32.2. The van der Waals surface area contributed by atoms with Crippen LogP contribution < -0.4 is 0 Å². The zero-order chi connectivity index (χ0) is 22.8. The Hall–Kier alpha value is -3.27. The smallest absolute Gasteiger partial charge is 0.337 e. The number of non-ortho nitro benzene ring substituents is 1. The van der Waals surface area contributed by atoms with E-state index in [4.69, 9.17) is 4.74 Å². The number of nitrogens with zero attached hydrogens (tertiary/aromatic N) is 3. The largest absolute Gasteiger partial charge is 0.459 e. The fraction of sp³-hybridized carbons (Fsp3) is 0.364. The van der Waals surface area contributed by atoms with Crippen LogP contribution >= 0.6 is 11.8 Å². The SMILES string of the molecule is CC(=O)C(C(=O)OCc1ccc([N+](=O)[O-])cc1)N1C(=O)C2N=C(CC3=CC=CCC3)SC21. The molecule has 1 amide bonds. The fourth-order valence-electron chi connectivity index (χ4n) is 3.81. The number of carbonyl (C=O) groups is 3. The van der Waals surface area contributed by atoms with Crippen LogP contribution in [-0.4, -0.2) is 50.0 Å². The summed E-state index contributed by atoms with van der Waals surface area (Å²) in [5, 5.41) is 11.2. The van der Waals surface area contributed by atoms with E-state index in [0.29, 0.717) is 12.0 Å². The minimum absolute atomic E-state index is 0.0759. The van der Waals surface area contributed by atoms with E-state index >= 15 is 0 Å². The molecule has 2 heterocycles. The number of esters is 1. The van der Waals surface area contributed by atoms with Gasteiger partial charge in [-0.05, 0) is 37.5 Å². The molecule has 1 fully saturated rings. The van der Waals surface area contributed by atoms with Gasteiger partial charge in [-0.1, -0.05) is 35.6 Å². The molecule has 0 bridgehead atoms. The zero-order valence-corrected chi connectivity index (χ0v) is 18.1. The van der Waals surface area contributed by atoms with E-state index < -0.39 is 34.1 Å². The lowest BCUT2D eigenvalue weighted by Crippen LogP contribution is -2.67. The molecular weight excluding hydrogens is 434 g/mol. The lowest BCUT2D eigenvalue weighted by atomic mass is 10.0. The number of benzene rings is 1. The lowest BCUT2D eigenvalue weighted by Gasteiger charge is -2.44. The molecule has 2 aliphatic heterocycles. The number of hydrogen-bond acceptors (Lipinski definition) is 8. The van der Waals surface area contributed by atoms with Crippen LogP contribution in [0.25, 0.3) is 0 Å². The van der Waals surface area contributed by atoms with Crippen molar-refractivity contribution in [2.24, 2.45) is 4.99 Å². The third-order valence-corrected chi connectivity index (χ3v) is 6.73. The van der Waals surface area contributed by atoms with Crippen LogP contribution in [-0.2, 0) is 25.7 Å². The van der Waals surface area contributed by atoms with Crippen molar-refractivity contribution in [3.8, 4) is 0 Å². The molecule has 9 nitrogen and oxygen atoms in total. The molecule has 3 aliphatic rings. The summed E-state index contributed by atoms with van der Waals surface area (Å²) in [5.41, 5.74) is 1.70. The van der Waals surface area contributed by atoms with Crippen molar-refractivity contribution < 1.29 is 24.0 Å².